The number of piperazine rings is 1. The van der Waals surface area contributed by atoms with E-state index in [0.29, 0.717) is 5.91 Å². The lowest BCUT2D eigenvalue weighted by atomic mass is 9.96. The molecule has 2 aromatic rings. The molecular formula is C19H24N4O. The number of carbonyl (C=O) groups excluding carboxylic acids is 1. The largest absolute Gasteiger partial charge is 0.367 e. The normalized spacial score (nSPS) is 19.7. The van der Waals surface area contributed by atoms with Crippen molar-refractivity contribution in [3.63, 3.8) is 0 Å². The lowest BCUT2D eigenvalue weighted by molar-refractivity contribution is -0.136. The van der Waals surface area contributed by atoms with Gasteiger partial charge in [0, 0.05) is 49.4 Å². The number of hydrogen-bond acceptors (Lipinski definition) is 4. The summed E-state index contributed by atoms with van der Waals surface area (Å²) in [6.45, 7) is 5.37. The quantitative estimate of drug-likeness (QED) is 0.916. The molecule has 2 fully saturated rings. The van der Waals surface area contributed by atoms with Gasteiger partial charge in [-0.25, -0.2) is 0 Å². The highest BCUT2D eigenvalue weighted by Crippen LogP contribution is 2.26. The fourth-order valence-corrected chi connectivity index (χ4v) is 3.85. The van der Waals surface area contributed by atoms with Crippen LogP contribution in [0, 0.1) is 5.92 Å². The van der Waals surface area contributed by atoms with Crippen LogP contribution in [0.15, 0.2) is 36.5 Å². The van der Waals surface area contributed by atoms with Crippen molar-refractivity contribution in [1.82, 2.24) is 15.2 Å². The highest BCUT2D eigenvalue weighted by atomic mass is 16.2. The topological polar surface area (TPSA) is 48.5 Å². The molecule has 0 unspecified atom stereocenters. The number of fused-ring (bicyclic) bond motifs is 1. The van der Waals surface area contributed by atoms with Crippen LogP contribution in [0.3, 0.4) is 0 Å². The van der Waals surface area contributed by atoms with Crippen LogP contribution in [0.2, 0.25) is 0 Å². The predicted molar refractivity (Wildman–Crippen MR) is 96.1 cm³/mol. The molecule has 4 rings (SSSR count). The number of para-hydroxylation sites is 1. The minimum Gasteiger partial charge on any atom is -0.367 e. The summed E-state index contributed by atoms with van der Waals surface area (Å²) in [7, 11) is 0. The van der Waals surface area contributed by atoms with Crippen LogP contribution >= 0.6 is 0 Å². The second-order valence-corrected chi connectivity index (χ2v) is 6.68. The first-order valence-corrected chi connectivity index (χ1v) is 8.91. The van der Waals surface area contributed by atoms with E-state index in [1.807, 2.05) is 12.3 Å². The molecule has 0 atom stereocenters. The summed E-state index contributed by atoms with van der Waals surface area (Å²) in [6, 6.07) is 10.4. The van der Waals surface area contributed by atoms with Gasteiger partial charge in [0.05, 0.1) is 5.52 Å². The average Bonchev–Trinajstić information content (AvgIpc) is 2.68. The first-order chi connectivity index (χ1) is 11.8. The minimum absolute atomic E-state index is 0.222. The number of nitrogens with one attached hydrogen (secondary N) is 1. The Bertz CT molecular complexity index is 713. The molecule has 1 aromatic carbocycles. The van der Waals surface area contributed by atoms with E-state index in [4.69, 9.17) is 0 Å². The highest BCUT2D eigenvalue weighted by Gasteiger charge is 2.28. The zero-order chi connectivity index (χ0) is 16.4. The lowest BCUT2D eigenvalue weighted by Crippen LogP contribution is -2.51. The molecule has 2 aliphatic heterocycles. The second kappa shape index (κ2) is 6.77. The SMILES string of the molecule is O=C(C1CCNCC1)N1CCN(c2ccnc3ccccc23)CC1. The smallest absolute Gasteiger partial charge is 0.225 e. The van der Waals surface area contributed by atoms with E-state index in [1.165, 1.54) is 11.1 Å². The van der Waals surface area contributed by atoms with Gasteiger partial charge in [0.25, 0.3) is 0 Å². The van der Waals surface area contributed by atoms with Gasteiger partial charge in [-0.05, 0) is 38.1 Å². The van der Waals surface area contributed by atoms with E-state index in [9.17, 15) is 4.79 Å². The van der Waals surface area contributed by atoms with Crippen LogP contribution in [0.25, 0.3) is 10.9 Å². The number of rotatable bonds is 2. The molecule has 0 spiro atoms. The third-order valence-electron chi connectivity index (χ3n) is 5.25. The Labute approximate surface area is 142 Å². The Morgan fingerprint density at radius 3 is 2.58 bits per heavy atom. The molecule has 1 N–H and O–H groups in total. The number of benzene rings is 1. The molecule has 24 heavy (non-hydrogen) atoms. The van der Waals surface area contributed by atoms with Crippen molar-refractivity contribution in [3.8, 4) is 0 Å². The third-order valence-corrected chi connectivity index (χ3v) is 5.25. The standard InChI is InChI=1S/C19H24N4O/c24-19(15-5-8-20-9-6-15)23-13-11-22(12-14-23)18-7-10-21-17-4-2-1-3-16(17)18/h1-4,7,10,15,20H,5-6,8-9,11-14H2. The van der Waals surface area contributed by atoms with Gasteiger partial charge in [-0.15, -0.1) is 0 Å². The molecular weight excluding hydrogens is 300 g/mol. The van der Waals surface area contributed by atoms with Crippen molar-refractivity contribution in [3.05, 3.63) is 36.5 Å². The van der Waals surface area contributed by atoms with Crippen molar-refractivity contribution in [2.45, 2.75) is 12.8 Å². The van der Waals surface area contributed by atoms with Crippen LogP contribution in [0.5, 0.6) is 0 Å². The van der Waals surface area contributed by atoms with E-state index in [0.717, 1.165) is 57.6 Å². The summed E-state index contributed by atoms with van der Waals surface area (Å²) < 4.78 is 0. The molecule has 5 heteroatoms. The summed E-state index contributed by atoms with van der Waals surface area (Å²) in [4.78, 5) is 21.6. The van der Waals surface area contributed by atoms with Gasteiger partial charge in [0.15, 0.2) is 0 Å². The van der Waals surface area contributed by atoms with Crippen molar-refractivity contribution in [2.24, 2.45) is 5.92 Å². The number of anilines is 1. The average molecular weight is 324 g/mol. The van der Waals surface area contributed by atoms with Crippen LogP contribution in [-0.2, 0) is 4.79 Å². The Morgan fingerprint density at radius 2 is 1.79 bits per heavy atom. The molecule has 0 radical (unpaired) electrons. The van der Waals surface area contributed by atoms with Crippen LogP contribution in [-0.4, -0.2) is 55.1 Å². The van der Waals surface area contributed by atoms with Gasteiger partial charge >= 0.3 is 0 Å². The fourth-order valence-electron chi connectivity index (χ4n) is 3.85. The predicted octanol–water partition coefficient (Wildman–Crippen LogP) is 1.88. The molecule has 0 saturated carbocycles. The van der Waals surface area contributed by atoms with E-state index in [1.54, 1.807) is 0 Å². The van der Waals surface area contributed by atoms with Crippen molar-refractivity contribution >= 4 is 22.5 Å². The maximum Gasteiger partial charge on any atom is 0.225 e. The number of nitrogens with zero attached hydrogens (tertiary/aromatic N) is 3. The summed E-state index contributed by atoms with van der Waals surface area (Å²) in [5.74, 6) is 0.579. The molecule has 0 aliphatic carbocycles. The number of pyridine rings is 1. The van der Waals surface area contributed by atoms with Crippen molar-refractivity contribution in [2.75, 3.05) is 44.2 Å². The first kappa shape index (κ1) is 15.4. The van der Waals surface area contributed by atoms with Gasteiger partial charge in [-0.3, -0.25) is 9.78 Å². The molecule has 3 heterocycles. The number of hydrogen-bond donors (Lipinski definition) is 1. The highest BCUT2D eigenvalue weighted by molar-refractivity contribution is 5.91. The Balaban J connectivity index is 1.45. The second-order valence-electron chi connectivity index (χ2n) is 6.68. The molecule has 1 amide bonds. The van der Waals surface area contributed by atoms with Gasteiger partial charge in [-0.2, -0.15) is 0 Å². The van der Waals surface area contributed by atoms with Gasteiger partial charge in [0.1, 0.15) is 0 Å². The van der Waals surface area contributed by atoms with E-state index >= 15 is 0 Å². The fraction of sp³-hybridized carbons (Fsp3) is 0.474. The van der Waals surface area contributed by atoms with Gasteiger partial charge < -0.3 is 15.1 Å². The van der Waals surface area contributed by atoms with Gasteiger partial charge in [0.2, 0.25) is 5.91 Å². The van der Waals surface area contributed by atoms with Crippen LogP contribution in [0.4, 0.5) is 5.69 Å². The van der Waals surface area contributed by atoms with Crippen LogP contribution < -0.4 is 10.2 Å². The molecule has 5 nitrogen and oxygen atoms in total. The summed E-state index contributed by atoms with van der Waals surface area (Å²) in [6.07, 6.45) is 3.84. The number of aromatic nitrogens is 1. The lowest BCUT2D eigenvalue weighted by Gasteiger charge is -2.38. The molecule has 1 aromatic heterocycles. The molecule has 0 bridgehead atoms. The number of carbonyl (C=O) groups is 1. The van der Waals surface area contributed by atoms with E-state index in [2.05, 4.69) is 44.4 Å². The Kier molecular flexibility index (Phi) is 4.34. The molecule has 126 valence electrons. The van der Waals surface area contributed by atoms with E-state index < -0.39 is 0 Å². The van der Waals surface area contributed by atoms with Crippen LogP contribution in [0.1, 0.15) is 12.8 Å². The Morgan fingerprint density at radius 1 is 1.04 bits per heavy atom. The summed E-state index contributed by atoms with van der Waals surface area (Å²) >= 11 is 0. The van der Waals surface area contributed by atoms with Crippen molar-refractivity contribution in [1.29, 1.82) is 0 Å². The molecule has 2 saturated heterocycles. The monoisotopic (exact) mass is 324 g/mol. The molecule has 2 aliphatic rings. The van der Waals surface area contributed by atoms with Gasteiger partial charge in [-0.1, -0.05) is 18.2 Å². The minimum atomic E-state index is 0.222. The summed E-state index contributed by atoms with van der Waals surface area (Å²) in [5, 5.41) is 4.53. The van der Waals surface area contributed by atoms with E-state index in [-0.39, 0.29) is 5.92 Å². The zero-order valence-corrected chi connectivity index (χ0v) is 13.9. The Hall–Kier alpha value is -2.14. The summed E-state index contributed by atoms with van der Waals surface area (Å²) in [5.41, 5.74) is 2.26. The number of piperidine rings is 1. The first-order valence-electron chi connectivity index (χ1n) is 8.91. The maximum atomic E-state index is 12.7. The van der Waals surface area contributed by atoms with Crippen molar-refractivity contribution < 1.29 is 4.79 Å². The maximum absolute atomic E-state index is 12.7. The number of amides is 1. The third kappa shape index (κ3) is 2.96. The zero-order valence-electron chi connectivity index (χ0n) is 13.9.